The van der Waals surface area contributed by atoms with Crippen molar-refractivity contribution in [2.45, 2.75) is 39.5 Å². The lowest BCUT2D eigenvalue weighted by atomic mass is 9.84. The van der Waals surface area contributed by atoms with E-state index in [4.69, 9.17) is 9.47 Å². The van der Waals surface area contributed by atoms with E-state index in [-0.39, 0.29) is 6.79 Å². The maximum atomic E-state index is 11.4. The van der Waals surface area contributed by atoms with Crippen molar-refractivity contribution in [3.63, 3.8) is 0 Å². The summed E-state index contributed by atoms with van der Waals surface area (Å²) in [5.74, 6) is -0.908. The largest absolute Gasteiger partial charge is 0.427 e. The van der Waals surface area contributed by atoms with Gasteiger partial charge in [0, 0.05) is 0 Å². The molecule has 80 valence electrons. The molecule has 0 aromatic carbocycles. The fourth-order valence-corrected chi connectivity index (χ4v) is 1.47. The molecule has 14 heavy (non-hydrogen) atoms. The van der Waals surface area contributed by atoms with Crippen LogP contribution in [0.1, 0.15) is 39.5 Å². The van der Waals surface area contributed by atoms with Gasteiger partial charge in [-0.15, -0.1) is 0 Å². The Balaban J connectivity index is 2.58. The topological polar surface area (TPSA) is 52.6 Å². The quantitative estimate of drug-likeness (QED) is 0.393. The van der Waals surface area contributed by atoms with Crippen molar-refractivity contribution < 1.29 is 19.1 Å². The van der Waals surface area contributed by atoms with Crippen LogP contribution in [0.3, 0.4) is 0 Å². The molecule has 0 atom stereocenters. The number of carbonyl (C=O) groups excluding carboxylic acids is 2. The van der Waals surface area contributed by atoms with E-state index < -0.39 is 17.4 Å². The fraction of sp³-hybridized carbons (Fsp3) is 0.800. The first kappa shape index (κ1) is 11.0. The molecule has 0 unspecified atom stereocenters. The third kappa shape index (κ3) is 2.05. The summed E-state index contributed by atoms with van der Waals surface area (Å²) in [7, 11) is 0. The van der Waals surface area contributed by atoms with Crippen LogP contribution in [-0.4, -0.2) is 18.7 Å². The zero-order chi connectivity index (χ0) is 10.6. The first-order valence-corrected chi connectivity index (χ1v) is 4.95. The van der Waals surface area contributed by atoms with E-state index in [0.717, 1.165) is 19.3 Å². The average molecular weight is 200 g/mol. The van der Waals surface area contributed by atoms with Crippen molar-refractivity contribution in [2.24, 2.45) is 5.41 Å². The SMILES string of the molecule is CCCCCC1(C)C(=O)OCOC1=O. The van der Waals surface area contributed by atoms with Crippen molar-refractivity contribution >= 4 is 11.9 Å². The molecule has 0 spiro atoms. The maximum Gasteiger partial charge on any atom is 0.326 e. The van der Waals surface area contributed by atoms with E-state index in [1.165, 1.54) is 0 Å². The summed E-state index contributed by atoms with van der Waals surface area (Å²) in [5.41, 5.74) is -1.08. The van der Waals surface area contributed by atoms with Crippen molar-refractivity contribution in [1.29, 1.82) is 0 Å². The first-order chi connectivity index (χ1) is 6.61. The van der Waals surface area contributed by atoms with E-state index in [2.05, 4.69) is 6.92 Å². The van der Waals surface area contributed by atoms with Gasteiger partial charge in [-0.05, 0) is 13.3 Å². The Morgan fingerprint density at radius 2 is 1.79 bits per heavy atom. The molecular weight excluding hydrogens is 184 g/mol. The van der Waals surface area contributed by atoms with Gasteiger partial charge in [0.2, 0.25) is 6.79 Å². The molecule has 4 nitrogen and oxygen atoms in total. The second-order valence-electron chi connectivity index (χ2n) is 3.77. The molecule has 0 radical (unpaired) electrons. The highest BCUT2D eigenvalue weighted by Crippen LogP contribution is 2.30. The Labute approximate surface area is 83.6 Å². The molecule has 0 saturated carbocycles. The molecule has 0 aromatic rings. The highest BCUT2D eigenvalue weighted by Gasteiger charge is 2.46. The Hall–Kier alpha value is -1.06. The number of hydrogen-bond acceptors (Lipinski definition) is 4. The number of esters is 2. The zero-order valence-corrected chi connectivity index (χ0v) is 8.67. The lowest BCUT2D eigenvalue weighted by Crippen LogP contribution is -2.44. The van der Waals surface area contributed by atoms with Crippen molar-refractivity contribution in [1.82, 2.24) is 0 Å². The Bertz CT molecular complexity index is 218. The predicted octanol–water partition coefficient (Wildman–Crippen LogP) is 1.63. The van der Waals surface area contributed by atoms with E-state index in [1.807, 2.05) is 0 Å². The number of hydrogen-bond donors (Lipinski definition) is 0. The molecule has 1 aliphatic rings. The van der Waals surface area contributed by atoms with E-state index in [9.17, 15) is 9.59 Å². The molecule has 1 heterocycles. The predicted molar refractivity (Wildman–Crippen MR) is 49.3 cm³/mol. The number of cyclic esters (lactones) is 2. The monoisotopic (exact) mass is 200 g/mol. The summed E-state index contributed by atoms with van der Waals surface area (Å²) < 4.78 is 9.43. The lowest BCUT2D eigenvalue weighted by Gasteiger charge is -2.29. The maximum absolute atomic E-state index is 11.4. The highest BCUT2D eigenvalue weighted by atomic mass is 16.7. The summed E-state index contributed by atoms with van der Waals surface area (Å²) in [4.78, 5) is 22.8. The van der Waals surface area contributed by atoms with E-state index in [0.29, 0.717) is 6.42 Å². The van der Waals surface area contributed by atoms with Crippen LogP contribution >= 0.6 is 0 Å². The molecule has 0 bridgehead atoms. The van der Waals surface area contributed by atoms with Gasteiger partial charge in [-0.1, -0.05) is 26.2 Å². The van der Waals surface area contributed by atoms with Crippen LogP contribution in [-0.2, 0) is 19.1 Å². The average Bonchev–Trinajstić information content (AvgIpc) is 2.15. The summed E-state index contributed by atoms with van der Waals surface area (Å²) in [6, 6.07) is 0. The minimum atomic E-state index is -1.08. The third-order valence-corrected chi connectivity index (χ3v) is 2.56. The van der Waals surface area contributed by atoms with Crippen LogP contribution in [0.25, 0.3) is 0 Å². The fourth-order valence-electron chi connectivity index (χ4n) is 1.47. The second-order valence-corrected chi connectivity index (χ2v) is 3.77. The standard InChI is InChI=1S/C10H16O4/c1-3-4-5-6-10(2)8(11)13-7-14-9(10)12/h3-7H2,1-2H3. The molecule has 4 heteroatoms. The second kappa shape index (κ2) is 4.44. The summed E-state index contributed by atoms with van der Waals surface area (Å²) in [6.07, 6.45) is 3.42. The summed E-state index contributed by atoms with van der Waals surface area (Å²) >= 11 is 0. The van der Waals surface area contributed by atoms with Crippen molar-refractivity contribution in [3.05, 3.63) is 0 Å². The molecule has 0 aromatic heterocycles. The van der Waals surface area contributed by atoms with Gasteiger partial charge in [0.1, 0.15) is 0 Å². The van der Waals surface area contributed by atoms with Gasteiger partial charge >= 0.3 is 11.9 Å². The van der Waals surface area contributed by atoms with Crippen molar-refractivity contribution in [3.8, 4) is 0 Å². The van der Waals surface area contributed by atoms with Gasteiger partial charge in [-0.2, -0.15) is 0 Å². The van der Waals surface area contributed by atoms with E-state index in [1.54, 1.807) is 6.92 Å². The van der Waals surface area contributed by atoms with Crippen LogP contribution in [0.15, 0.2) is 0 Å². The molecular formula is C10H16O4. The van der Waals surface area contributed by atoms with Gasteiger partial charge < -0.3 is 9.47 Å². The number of ether oxygens (including phenoxy) is 2. The highest BCUT2D eigenvalue weighted by molar-refractivity contribution is 6.00. The molecule has 1 saturated heterocycles. The smallest absolute Gasteiger partial charge is 0.326 e. The Morgan fingerprint density at radius 1 is 1.21 bits per heavy atom. The van der Waals surface area contributed by atoms with Crippen LogP contribution in [0.2, 0.25) is 0 Å². The molecule has 1 fully saturated rings. The Morgan fingerprint density at radius 3 is 2.29 bits per heavy atom. The Kier molecular flexibility index (Phi) is 3.49. The number of rotatable bonds is 4. The molecule has 1 rings (SSSR count). The lowest BCUT2D eigenvalue weighted by molar-refractivity contribution is -0.200. The zero-order valence-electron chi connectivity index (χ0n) is 8.67. The first-order valence-electron chi connectivity index (χ1n) is 4.95. The molecule has 1 aliphatic heterocycles. The van der Waals surface area contributed by atoms with Gasteiger partial charge in [0.05, 0.1) is 0 Å². The molecule has 0 amide bonds. The van der Waals surface area contributed by atoms with Gasteiger partial charge in [-0.3, -0.25) is 9.59 Å². The van der Waals surface area contributed by atoms with Crippen LogP contribution in [0.4, 0.5) is 0 Å². The minimum Gasteiger partial charge on any atom is -0.427 e. The van der Waals surface area contributed by atoms with Crippen LogP contribution in [0.5, 0.6) is 0 Å². The van der Waals surface area contributed by atoms with E-state index >= 15 is 0 Å². The summed E-state index contributed by atoms with van der Waals surface area (Å²) in [6.45, 7) is 3.42. The van der Waals surface area contributed by atoms with Crippen LogP contribution in [0, 0.1) is 5.41 Å². The minimum absolute atomic E-state index is 0.235. The molecule has 0 aliphatic carbocycles. The van der Waals surface area contributed by atoms with Gasteiger partial charge in [0.25, 0.3) is 0 Å². The molecule has 0 N–H and O–H groups in total. The third-order valence-electron chi connectivity index (χ3n) is 2.56. The van der Waals surface area contributed by atoms with Gasteiger partial charge in [-0.25, -0.2) is 0 Å². The van der Waals surface area contributed by atoms with Crippen LogP contribution < -0.4 is 0 Å². The number of carbonyl (C=O) groups is 2. The van der Waals surface area contributed by atoms with Gasteiger partial charge in [0.15, 0.2) is 5.41 Å². The normalized spacial score (nSPS) is 20.1. The number of unbranched alkanes of at least 4 members (excludes halogenated alkanes) is 2. The summed E-state index contributed by atoms with van der Waals surface area (Å²) in [5, 5.41) is 0. The van der Waals surface area contributed by atoms with Crippen molar-refractivity contribution in [2.75, 3.05) is 6.79 Å².